The molecule has 1 aromatic heterocycles. The summed E-state index contributed by atoms with van der Waals surface area (Å²) in [5, 5.41) is 9.82. The summed E-state index contributed by atoms with van der Waals surface area (Å²) in [6.45, 7) is 1.93. The predicted molar refractivity (Wildman–Crippen MR) is 140 cm³/mol. The Labute approximate surface area is 224 Å². The molecule has 2 atom stereocenters. The van der Waals surface area contributed by atoms with Gasteiger partial charge in [0, 0.05) is 30.3 Å². The van der Waals surface area contributed by atoms with Gasteiger partial charge in [0.05, 0.1) is 31.9 Å². The van der Waals surface area contributed by atoms with Gasteiger partial charge in [-0.15, -0.1) is 0 Å². The van der Waals surface area contributed by atoms with Gasteiger partial charge in [-0.25, -0.2) is 4.39 Å². The van der Waals surface area contributed by atoms with Crippen LogP contribution in [0, 0.1) is 24.6 Å². The first kappa shape index (κ1) is 27.3. The molecule has 0 radical (unpaired) electrons. The van der Waals surface area contributed by atoms with Gasteiger partial charge in [0.1, 0.15) is 22.8 Å². The van der Waals surface area contributed by atoms with Gasteiger partial charge in [-0.1, -0.05) is 22.8 Å². The van der Waals surface area contributed by atoms with E-state index in [0.717, 1.165) is 6.42 Å². The fraction of sp³-hybridized carbons (Fsp3) is 0.370. The molecule has 11 heteroatoms. The molecule has 0 bridgehead atoms. The van der Waals surface area contributed by atoms with Crippen molar-refractivity contribution in [1.82, 2.24) is 10.5 Å². The van der Waals surface area contributed by atoms with Crippen LogP contribution < -0.4 is 24.8 Å². The smallest absolute Gasteiger partial charge is 0.257 e. The normalized spacial score (nSPS) is 16.7. The topological polar surface area (TPSA) is 112 Å². The summed E-state index contributed by atoms with van der Waals surface area (Å²) in [6.07, 6.45) is 2.05. The van der Waals surface area contributed by atoms with Crippen LogP contribution in [0.3, 0.4) is 0 Å². The molecule has 0 spiro atoms. The Morgan fingerprint density at radius 2 is 1.84 bits per heavy atom. The number of methoxy groups -OCH3 is 3. The van der Waals surface area contributed by atoms with E-state index in [9.17, 15) is 14.0 Å². The van der Waals surface area contributed by atoms with Crippen LogP contribution in [0.1, 0.15) is 35.4 Å². The van der Waals surface area contributed by atoms with E-state index in [4.69, 9.17) is 30.3 Å². The SMILES string of the molecule is COc1cc(NC(=O)C2CCC(CNC(=O)c3c(-c4c(F)cccc4Cl)noc3C)C2)cc(OC)c1OC. The van der Waals surface area contributed by atoms with E-state index < -0.39 is 11.7 Å². The lowest BCUT2D eigenvalue weighted by Crippen LogP contribution is -2.29. The quantitative estimate of drug-likeness (QED) is 0.377. The second-order valence-electron chi connectivity index (χ2n) is 9.05. The minimum Gasteiger partial charge on any atom is -0.493 e. The number of amides is 2. The van der Waals surface area contributed by atoms with Gasteiger partial charge < -0.3 is 29.4 Å². The number of halogens is 2. The van der Waals surface area contributed by atoms with Crippen LogP contribution in [0.2, 0.25) is 5.02 Å². The number of benzene rings is 2. The van der Waals surface area contributed by atoms with Crippen LogP contribution in [-0.2, 0) is 4.79 Å². The number of aryl methyl sites for hydroxylation is 1. The van der Waals surface area contributed by atoms with Gasteiger partial charge in [0.2, 0.25) is 11.7 Å². The van der Waals surface area contributed by atoms with Gasteiger partial charge >= 0.3 is 0 Å². The van der Waals surface area contributed by atoms with Crippen molar-refractivity contribution in [3.63, 3.8) is 0 Å². The van der Waals surface area contributed by atoms with E-state index in [0.29, 0.717) is 42.3 Å². The molecule has 2 aromatic carbocycles. The highest BCUT2D eigenvalue weighted by Crippen LogP contribution is 2.40. The summed E-state index contributed by atoms with van der Waals surface area (Å²) in [5.74, 6) is 0.276. The number of carbonyl (C=O) groups is 2. The van der Waals surface area contributed by atoms with E-state index in [-0.39, 0.29) is 45.3 Å². The first-order chi connectivity index (χ1) is 18.3. The molecule has 1 saturated carbocycles. The summed E-state index contributed by atoms with van der Waals surface area (Å²) in [4.78, 5) is 26.0. The molecule has 9 nitrogen and oxygen atoms in total. The van der Waals surface area contributed by atoms with Crippen molar-refractivity contribution in [2.24, 2.45) is 11.8 Å². The number of hydrogen-bond donors (Lipinski definition) is 2. The third-order valence-electron chi connectivity index (χ3n) is 6.68. The summed E-state index contributed by atoms with van der Waals surface area (Å²) in [7, 11) is 4.53. The van der Waals surface area contributed by atoms with Crippen LogP contribution >= 0.6 is 11.6 Å². The fourth-order valence-corrected chi connectivity index (χ4v) is 5.01. The summed E-state index contributed by atoms with van der Waals surface area (Å²) < 4.78 is 35.7. The first-order valence-electron chi connectivity index (χ1n) is 12.1. The molecule has 0 saturated heterocycles. The molecule has 202 valence electrons. The van der Waals surface area contributed by atoms with Gasteiger partial charge in [0.15, 0.2) is 11.5 Å². The Bertz CT molecular complexity index is 1300. The summed E-state index contributed by atoms with van der Waals surface area (Å²) in [6, 6.07) is 7.59. The van der Waals surface area contributed by atoms with Crippen LogP contribution in [-0.4, -0.2) is 44.8 Å². The van der Waals surface area contributed by atoms with Crippen molar-refractivity contribution in [1.29, 1.82) is 0 Å². The third-order valence-corrected chi connectivity index (χ3v) is 7.00. The number of aromatic nitrogens is 1. The molecule has 1 fully saturated rings. The average molecular weight is 546 g/mol. The first-order valence-corrected chi connectivity index (χ1v) is 12.4. The molecular formula is C27H29ClFN3O6. The van der Waals surface area contributed by atoms with Crippen molar-refractivity contribution in [2.75, 3.05) is 33.2 Å². The summed E-state index contributed by atoms with van der Waals surface area (Å²) >= 11 is 6.17. The largest absolute Gasteiger partial charge is 0.493 e. The third kappa shape index (κ3) is 5.55. The number of hydrogen-bond acceptors (Lipinski definition) is 7. The zero-order valence-corrected chi connectivity index (χ0v) is 22.3. The van der Waals surface area contributed by atoms with Gasteiger partial charge in [-0.3, -0.25) is 9.59 Å². The molecule has 0 aliphatic heterocycles. The van der Waals surface area contributed by atoms with E-state index >= 15 is 0 Å². The molecule has 2 N–H and O–H groups in total. The molecule has 1 heterocycles. The number of anilines is 1. The highest BCUT2D eigenvalue weighted by atomic mass is 35.5. The molecule has 38 heavy (non-hydrogen) atoms. The minimum absolute atomic E-state index is 0.0144. The highest BCUT2D eigenvalue weighted by Gasteiger charge is 2.32. The average Bonchev–Trinajstić information content (AvgIpc) is 3.53. The van der Waals surface area contributed by atoms with Crippen molar-refractivity contribution < 1.29 is 32.7 Å². The lowest BCUT2D eigenvalue weighted by Gasteiger charge is -2.16. The Morgan fingerprint density at radius 3 is 2.47 bits per heavy atom. The monoisotopic (exact) mass is 545 g/mol. The minimum atomic E-state index is -0.600. The molecule has 3 aromatic rings. The molecule has 2 unspecified atom stereocenters. The second-order valence-corrected chi connectivity index (χ2v) is 9.46. The maximum atomic E-state index is 14.5. The van der Waals surface area contributed by atoms with Crippen LogP contribution in [0.15, 0.2) is 34.9 Å². The fourth-order valence-electron chi connectivity index (χ4n) is 4.76. The number of nitrogens with zero attached hydrogens (tertiary/aromatic N) is 1. The van der Waals surface area contributed by atoms with Crippen molar-refractivity contribution in [3.05, 3.63) is 52.5 Å². The number of ether oxygens (including phenoxy) is 3. The Morgan fingerprint density at radius 1 is 1.13 bits per heavy atom. The van der Waals surface area contributed by atoms with Crippen LogP contribution in [0.5, 0.6) is 17.2 Å². The lowest BCUT2D eigenvalue weighted by atomic mass is 10.0. The molecule has 2 amide bonds. The lowest BCUT2D eigenvalue weighted by molar-refractivity contribution is -0.119. The van der Waals surface area contributed by atoms with Crippen LogP contribution in [0.4, 0.5) is 10.1 Å². The second kappa shape index (κ2) is 11.7. The Hall–Kier alpha value is -3.79. The zero-order chi connectivity index (χ0) is 27.4. The van der Waals surface area contributed by atoms with Gasteiger partial charge in [-0.05, 0) is 44.2 Å². The maximum absolute atomic E-state index is 14.5. The number of rotatable bonds is 9. The standard InChI is InChI=1S/C27H29ClFN3O6/c1-14-22(24(32-38-14)23-18(28)6-5-7-19(23)29)27(34)30-13-15-8-9-16(10-15)26(33)31-17-11-20(35-2)25(37-4)21(12-17)36-3/h5-7,11-12,15-16H,8-10,13H2,1-4H3,(H,30,34)(H,31,33). The van der Waals surface area contributed by atoms with Gasteiger partial charge in [-0.2, -0.15) is 0 Å². The Balaban J connectivity index is 1.38. The maximum Gasteiger partial charge on any atom is 0.257 e. The molecule has 1 aliphatic rings. The molecule has 1 aliphatic carbocycles. The van der Waals surface area contributed by atoms with Crippen molar-refractivity contribution in [2.45, 2.75) is 26.2 Å². The highest BCUT2D eigenvalue weighted by molar-refractivity contribution is 6.33. The predicted octanol–water partition coefficient (Wildman–Crippen LogP) is 5.25. The van der Waals surface area contributed by atoms with Crippen molar-refractivity contribution >= 4 is 29.1 Å². The van der Waals surface area contributed by atoms with E-state index in [1.165, 1.54) is 39.5 Å². The number of nitrogens with one attached hydrogen (secondary N) is 2. The van der Waals surface area contributed by atoms with E-state index in [1.54, 1.807) is 19.1 Å². The summed E-state index contributed by atoms with van der Waals surface area (Å²) in [5.41, 5.74) is 0.730. The van der Waals surface area contributed by atoms with E-state index in [1.807, 2.05) is 0 Å². The number of carbonyl (C=O) groups excluding carboxylic acids is 2. The van der Waals surface area contributed by atoms with Gasteiger partial charge in [0.25, 0.3) is 5.91 Å². The Kier molecular flexibility index (Phi) is 8.41. The zero-order valence-electron chi connectivity index (χ0n) is 21.5. The van der Waals surface area contributed by atoms with Crippen molar-refractivity contribution in [3.8, 4) is 28.5 Å². The van der Waals surface area contributed by atoms with Crippen LogP contribution in [0.25, 0.3) is 11.3 Å². The molecular weight excluding hydrogens is 517 g/mol. The molecule has 4 rings (SSSR count). The van der Waals surface area contributed by atoms with E-state index in [2.05, 4.69) is 15.8 Å².